The third kappa shape index (κ3) is 3.22. The standard InChI is InChI=1S/C23H22FN3OS/c1-14-25-12-16(29-14)13-27-10-9-18-17-5-3-4-6-21(17)26-22(18)23(27)19-8-7-15(28-2)11-20(19)24/h3-8,11-12,23,26H,9-10,13H2,1-2H3. The Hall–Kier alpha value is -2.70. The van der Waals surface area contributed by atoms with E-state index in [1.807, 2.05) is 31.3 Å². The number of nitrogens with one attached hydrogen (secondary N) is 1. The van der Waals surface area contributed by atoms with Crippen LogP contribution in [0.25, 0.3) is 10.9 Å². The monoisotopic (exact) mass is 407 g/mol. The molecular formula is C23H22FN3OS. The molecule has 0 saturated heterocycles. The van der Waals surface area contributed by atoms with Crippen molar-refractivity contribution in [3.05, 3.63) is 81.2 Å². The first kappa shape index (κ1) is 18.3. The number of nitrogens with zero attached hydrogens (tertiary/aromatic N) is 2. The number of fused-ring (bicyclic) bond motifs is 3. The number of aromatic nitrogens is 2. The molecule has 2 aromatic carbocycles. The maximum Gasteiger partial charge on any atom is 0.132 e. The summed E-state index contributed by atoms with van der Waals surface area (Å²) in [6, 6.07) is 13.3. The van der Waals surface area contributed by atoms with Crippen LogP contribution in [0.1, 0.15) is 32.7 Å². The number of thiazole rings is 1. The summed E-state index contributed by atoms with van der Waals surface area (Å²) in [5.74, 6) is 0.287. The van der Waals surface area contributed by atoms with Crippen molar-refractivity contribution in [3.8, 4) is 5.75 Å². The second kappa shape index (κ2) is 7.28. The lowest BCUT2D eigenvalue weighted by atomic mass is 9.92. The fourth-order valence-electron chi connectivity index (χ4n) is 4.35. The van der Waals surface area contributed by atoms with E-state index >= 15 is 4.39 Å². The van der Waals surface area contributed by atoms with Crippen LogP contribution < -0.4 is 4.74 Å². The van der Waals surface area contributed by atoms with Gasteiger partial charge in [-0.2, -0.15) is 0 Å². The second-order valence-electron chi connectivity index (χ2n) is 7.42. The molecule has 148 valence electrons. The molecule has 1 aliphatic rings. The fourth-order valence-corrected chi connectivity index (χ4v) is 5.17. The lowest BCUT2D eigenvalue weighted by molar-refractivity contribution is 0.200. The Morgan fingerprint density at radius 2 is 2.14 bits per heavy atom. The Bertz CT molecular complexity index is 1180. The topological polar surface area (TPSA) is 41.1 Å². The maximum absolute atomic E-state index is 15.2. The van der Waals surface area contributed by atoms with Crippen molar-refractivity contribution in [2.75, 3.05) is 13.7 Å². The molecule has 1 N–H and O–H groups in total. The molecule has 4 nitrogen and oxygen atoms in total. The molecule has 6 heteroatoms. The smallest absolute Gasteiger partial charge is 0.132 e. The van der Waals surface area contributed by atoms with Gasteiger partial charge in [0.25, 0.3) is 0 Å². The molecule has 3 heterocycles. The summed E-state index contributed by atoms with van der Waals surface area (Å²) in [7, 11) is 1.56. The van der Waals surface area contributed by atoms with E-state index in [0.29, 0.717) is 11.3 Å². The van der Waals surface area contributed by atoms with Crippen molar-refractivity contribution in [1.29, 1.82) is 0 Å². The SMILES string of the molecule is COc1ccc(C2c3[nH]c4ccccc4c3CCN2Cc2cnc(C)s2)c(F)c1. The average molecular weight is 408 g/mol. The van der Waals surface area contributed by atoms with E-state index in [1.165, 1.54) is 21.9 Å². The molecule has 0 spiro atoms. The van der Waals surface area contributed by atoms with Crippen LogP contribution in [0.15, 0.2) is 48.7 Å². The number of methoxy groups -OCH3 is 1. The molecule has 0 amide bonds. The average Bonchev–Trinajstić information content (AvgIpc) is 3.31. The first-order valence-corrected chi connectivity index (χ1v) is 10.5. The van der Waals surface area contributed by atoms with Crippen LogP contribution in [0.3, 0.4) is 0 Å². The van der Waals surface area contributed by atoms with E-state index < -0.39 is 0 Å². The predicted octanol–water partition coefficient (Wildman–Crippen LogP) is 5.23. The van der Waals surface area contributed by atoms with Crippen LogP contribution in [-0.2, 0) is 13.0 Å². The molecule has 5 rings (SSSR count). The highest BCUT2D eigenvalue weighted by Crippen LogP contribution is 2.40. The van der Waals surface area contributed by atoms with Crippen molar-refractivity contribution >= 4 is 22.2 Å². The molecule has 0 fully saturated rings. The van der Waals surface area contributed by atoms with Gasteiger partial charge in [-0.05, 0) is 31.0 Å². The van der Waals surface area contributed by atoms with Gasteiger partial charge in [0.1, 0.15) is 11.6 Å². The van der Waals surface area contributed by atoms with Gasteiger partial charge in [0.05, 0.1) is 18.2 Å². The normalized spacial score (nSPS) is 16.9. The number of aryl methyl sites for hydroxylation is 1. The molecule has 0 saturated carbocycles. The lowest BCUT2D eigenvalue weighted by Gasteiger charge is -2.36. The summed E-state index contributed by atoms with van der Waals surface area (Å²) in [4.78, 5) is 11.5. The van der Waals surface area contributed by atoms with Gasteiger partial charge < -0.3 is 9.72 Å². The van der Waals surface area contributed by atoms with Crippen molar-refractivity contribution < 1.29 is 9.13 Å². The van der Waals surface area contributed by atoms with E-state index in [0.717, 1.165) is 35.7 Å². The molecule has 2 aromatic heterocycles. The Morgan fingerprint density at radius 1 is 1.28 bits per heavy atom. The maximum atomic E-state index is 15.2. The number of ether oxygens (including phenoxy) is 1. The number of para-hydroxylation sites is 1. The molecular weight excluding hydrogens is 385 g/mol. The first-order valence-electron chi connectivity index (χ1n) is 9.72. The zero-order valence-corrected chi connectivity index (χ0v) is 17.2. The van der Waals surface area contributed by atoms with Gasteiger partial charge >= 0.3 is 0 Å². The molecule has 1 unspecified atom stereocenters. The van der Waals surface area contributed by atoms with E-state index in [1.54, 1.807) is 18.4 Å². The highest BCUT2D eigenvalue weighted by Gasteiger charge is 2.33. The van der Waals surface area contributed by atoms with Crippen molar-refractivity contribution in [2.24, 2.45) is 0 Å². The number of rotatable bonds is 4. The number of benzene rings is 2. The number of hydrogen-bond acceptors (Lipinski definition) is 4. The zero-order chi connectivity index (χ0) is 20.0. The van der Waals surface area contributed by atoms with Crippen LogP contribution in [0.2, 0.25) is 0 Å². The lowest BCUT2D eigenvalue weighted by Crippen LogP contribution is -2.36. The number of aromatic amines is 1. The minimum absolute atomic E-state index is 0.181. The van der Waals surface area contributed by atoms with E-state index in [2.05, 4.69) is 33.1 Å². The first-order chi connectivity index (χ1) is 14.1. The van der Waals surface area contributed by atoms with Crippen LogP contribution in [0, 0.1) is 12.7 Å². The zero-order valence-electron chi connectivity index (χ0n) is 16.4. The summed E-state index contributed by atoms with van der Waals surface area (Å²) in [6.07, 6.45) is 2.87. The van der Waals surface area contributed by atoms with Crippen LogP contribution in [0.4, 0.5) is 4.39 Å². The minimum Gasteiger partial charge on any atom is -0.497 e. The Labute approximate surface area is 173 Å². The van der Waals surface area contributed by atoms with Gasteiger partial charge in [-0.3, -0.25) is 4.90 Å². The van der Waals surface area contributed by atoms with E-state index in [-0.39, 0.29) is 11.9 Å². The predicted molar refractivity (Wildman–Crippen MR) is 114 cm³/mol. The molecule has 0 radical (unpaired) electrons. The summed E-state index contributed by atoms with van der Waals surface area (Å²) < 4.78 is 20.4. The molecule has 0 aliphatic carbocycles. The van der Waals surface area contributed by atoms with Gasteiger partial charge in [-0.1, -0.05) is 24.3 Å². The van der Waals surface area contributed by atoms with Crippen LogP contribution in [-0.4, -0.2) is 28.5 Å². The third-order valence-corrected chi connectivity index (χ3v) is 6.56. The summed E-state index contributed by atoms with van der Waals surface area (Å²) in [5.41, 5.74) is 4.15. The van der Waals surface area contributed by atoms with Crippen molar-refractivity contribution in [2.45, 2.75) is 25.9 Å². The number of halogens is 1. The largest absolute Gasteiger partial charge is 0.497 e. The van der Waals surface area contributed by atoms with Crippen LogP contribution >= 0.6 is 11.3 Å². The van der Waals surface area contributed by atoms with Gasteiger partial charge in [-0.15, -0.1) is 11.3 Å². The highest BCUT2D eigenvalue weighted by atomic mass is 32.1. The quantitative estimate of drug-likeness (QED) is 0.504. The minimum atomic E-state index is -0.244. The number of hydrogen-bond donors (Lipinski definition) is 1. The summed E-state index contributed by atoms with van der Waals surface area (Å²) >= 11 is 1.70. The van der Waals surface area contributed by atoms with Crippen molar-refractivity contribution in [1.82, 2.24) is 14.9 Å². The van der Waals surface area contributed by atoms with Crippen molar-refractivity contribution in [3.63, 3.8) is 0 Å². The van der Waals surface area contributed by atoms with Crippen LogP contribution in [0.5, 0.6) is 5.75 Å². The molecule has 4 aromatic rings. The third-order valence-electron chi connectivity index (χ3n) is 5.66. The Kier molecular flexibility index (Phi) is 4.60. The highest BCUT2D eigenvalue weighted by molar-refractivity contribution is 7.11. The van der Waals surface area contributed by atoms with Gasteiger partial charge in [0, 0.05) is 52.4 Å². The van der Waals surface area contributed by atoms with Gasteiger partial charge in [0.15, 0.2) is 0 Å². The number of H-pyrrole nitrogens is 1. The molecule has 29 heavy (non-hydrogen) atoms. The molecule has 0 bridgehead atoms. The molecule has 1 atom stereocenters. The fraction of sp³-hybridized carbons (Fsp3) is 0.261. The van der Waals surface area contributed by atoms with E-state index in [9.17, 15) is 0 Å². The summed E-state index contributed by atoms with van der Waals surface area (Å²) in [6.45, 7) is 3.62. The van der Waals surface area contributed by atoms with Gasteiger partial charge in [-0.25, -0.2) is 9.37 Å². The Balaban J connectivity index is 1.64. The van der Waals surface area contributed by atoms with Gasteiger partial charge in [0.2, 0.25) is 0 Å². The van der Waals surface area contributed by atoms with E-state index in [4.69, 9.17) is 4.74 Å². The summed E-state index contributed by atoms with van der Waals surface area (Å²) in [5, 5.41) is 2.28. The molecule has 1 aliphatic heterocycles. The second-order valence-corrected chi connectivity index (χ2v) is 8.74. The Morgan fingerprint density at radius 3 is 2.90 bits per heavy atom.